The van der Waals surface area contributed by atoms with Gasteiger partial charge in [0.2, 0.25) is 0 Å². The van der Waals surface area contributed by atoms with E-state index in [2.05, 4.69) is 0 Å². The molecule has 13 heteroatoms. The number of thiophene rings is 1. The number of ether oxygens (including phenoxy) is 2. The van der Waals surface area contributed by atoms with E-state index in [1.807, 2.05) is 0 Å². The van der Waals surface area contributed by atoms with Crippen LogP contribution >= 0.6 is 23.1 Å². The molecule has 0 saturated carbocycles. The number of nitrogens with zero attached hydrogens (tertiary/aromatic N) is 1. The quantitative estimate of drug-likeness (QED) is 0.245. The van der Waals surface area contributed by atoms with E-state index in [1.54, 1.807) is 0 Å². The molecule has 0 atom stereocenters. The molecular weight excluding hydrogens is 484 g/mol. The number of methoxy groups -OCH3 is 1. The SMILES string of the molecule is COc1ccc2c(c1F)c(OC(C)=O)c(C)n2C(=O)c1csc(SC(F)(F)C(F)(F)F)c1. The van der Waals surface area contributed by atoms with E-state index in [4.69, 9.17) is 9.47 Å². The minimum absolute atomic E-state index is 0.0110. The van der Waals surface area contributed by atoms with E-state index in [9.17, 15) is 35.9 Å². The molecule has 0 aliphatic rings. The van der Waals surface area contributed by atoms with Crippen molar-refractivity contribution in [2.24, 2.45) is 0 Å². The molecule has 5 nitrogen and oxygen atoms in total. The van der Waals surface area contributed by atoms with Gasteiger partial charge in [-0.1, -0.05) is 0 Å². The largest absolute Gasteiger partial charge is 0.494 e. The molecule has 0 bridgehead atoms. The van der Waals surface area contributed by atoms with Crippen LogP contribution in [0.25, 0.3) is 10.9 Å². The van der Waals surface area contributed by atoms with Gasteiger partial charge in [0.05, 0.1) is 33.5 Å². The van der Waals surface area contributed by atoms with E-state index in [0.29, 0.717) is 11.3 Å². The highest BCUT2D eigenvalue weighted by atomic mass is 32.2. The van der Waals surface area contributed by atoms with Gasteiger partial charge in [-0.15, -0.1) is 11.3 Å². The van der Waals surface area contributed by atoms with Crippen LogP contribution in [0, 0.1) is 12.7 Å². The summed E-state index contributed by atoms with van der Waals surface area (Å²) in [5, 5.41) is -4.16. The molecule has 1 aromatic carbocycles. The molecule has 0 unspecified atom stereocenters. The lowest BCUT2D eigenvalue weighted by molar-refractivity contribution is -0.237. The van der Waals surface area contributed by atoms with E-state index in [-0.39, 0.29) is 33.7 Å². The maximum absolute atomic E-state index is 14.9. The van der Waals surface area contributed by atoms with Crippen molar-refractivity contribution in [3.05, 3.63) is 40.7 Å². The molecule has 172 valence electrons. The summed E-state index contributed by atoms with van der Waals surface area (Å²) < 4.78 is 89.4. The Bertz CT molecular complexity index is 1210. The zero-order valence-corrected chi connectivity index (χ0v) is 18.1. The second kappa shape index (κ2) is 8.35. The molecule has 0 radical (unpaired) electrons. The van der Waals surface area contributed by atoms with Gasteiger partial charge >= 0.3 is 17.4 Å². The first-order chi connectivity index (χ1) is 14.8. The second-order valence-electron chi connectivity index (χ2n) is 6.40. The molecule has 32 heavy (non-hydrogen) atoms. The van der Waals surface area contributed by atoms with E-state index < -0.39 is 45.1 Å². The first-order valence-corrected chi connectivity index (χ1v) is 10.3. The molecular formula is C19H13F6NO4S2. The molecule has 3 aromatic rings. The molecule has 0 amide bonds. The van der Waals surface area contributed by atoms with Gasteiger partial charge in [0, 0.05) is 12.3 Å². The molecule has 0 N–H and O–H groups in total. The summed E-state index contributed by atoms with van der Waals surface area (Å²) in [5.74, 6) is -2.95. The number of aromatic nitrogens is 1. The van der Waals surface area contributed by atoms with Crippen LogP contribution in [-0.2, 0) is 4.79 Å². The predicted octanol–water partition coefficient (Wildman–Crippen LogP) is 6.02. The smallest absolute Gasteiger partial charge is 0.464 e. The van der Waals surface area contributed by atoms with E-state index >= 15 is 0 Å². The number of thioether (sulfide) groups is 1. The van der Waals surface area contributed by atoms with Crippen molar-refractivity contribution in [3.63, 3.8) is 0 Å². The molecule has 0 aliphatic carbocycles. The Morgan fingerprint density at radius 2 is 1.81 bits per heavy atom. The molecule has 2 aromatic heterocycles. The average molecular weight is 497 g/mol. The summed E-state index contributed by atoms with van der Waals surface area (Å²) in [5.41, 5.74) is -0.197. The number of hydrogen-bond donors (Lipinski definition) is 0. The number of carbonyl (C=O) groups is 2. The molecule has 0 aliphatic heterocycles. The van der Waals surface area contributed by atoms with Crippen molar-refractivity contribution in [2.45, 2.75) is 29.5 Å². The molecule has 2 heterocycles. The van der Waals surface area contributed by atoms with Crippen molar-refractivity contribution in [1.82, 2.24) is 4.57 Å². The van der Waals surface area contributed by atoms with Crippen molar-refractivity contribution < 1.29 is 45.4 Å². The topological polar surface area (TPSA) is 57.5 Å². The van der Waals surface area contributed by atoms with Gasteiger partial charge in [-0.3, -0.25) is 14.2 Å². The molecule has 0 spiro atoms. The minimum Gasteiger partial charge on any atom is -0.494 e. The maximum Gasteiger partial charge on any atom is 0.464 e. The van der Waals surface area contributed by atoms with Gasteiger partial charge in [-0.05, 0) is 36.9 Å². The lowest BCUT2D eigenvalue weighted by Gasteiger charge is -2.17. The lowest BCUT2D eigenvalue weighted by atomic mass is 10.2. The number of alkyl halides is 5. The molecule has 0 saturated heterocycles. The molecule has 0 fully saturated rings. The summed E-state index contributed by atoms with van der Waals surface area (Å²) in [6.45, 7) is 2.44. The first kappa shape index (κ1) is 24.0. The zero-order chi connectivity index (χ0) is 24.0. The number of halogens is 6. The van der Waals surface area contributed by atoms with Crippen molar-refractivity contribution in [3.8, 4) is 11.5 Å². The first-order valence-electron chi connectivity index (χ1n) is 8.61. The Kier molecular flexibility index (Phi) is 6.26. The van der Waals surface area contributed by atoms with Crippen molar-refractivity contribution in [1.29, 1.82) is 0 Å². The summed E-state index contributed by atoms with van der Waals surface area (Å²) in [4.78, 5) is 24.6. The van der Waals surface area contributed by atoms with Crippen LogP contribution < -0.4 is 9.47 Å². The van der Waals surface area contributed by atoms with Crippen LogP contribution in [0.15, 0.2) is 27.8 Å². The van der Waals surface area contributed by atoms with Crippen LogP contribution in [0.3, 0.4) is 0 Å². The van der Waals surface area contributed by atoms with Gasteiger partial charge in [-0.2, -0.15) is 22.0 Å². The van der Waals surface area contributed by atoms with Gasteiger partial charge in [0.15, 0.2) is 17.3 Å². The maximum atomic E-state index is 14.9. The minimum atomic E-state index is -5.77. The van der Waals surface area contributed by atoms with Gasteiger partial charge < -0.3 is 9.47 Å². The van der Waals surface area contributed by atoms with Crippen molar-refractivity contribution >= 4 is 45.9 Å². The van der Waals surface area contributed by atoms with Crippen LogP contribution in [0.4, 0.5) is 26.3 Å². The van der Waals surface area contributed by atoms with Crippen LogP contribution in [0.5, 0.6) is 11.5 Å². The average Bonchev–Trinajstić information content (AvgIpc) is 3.23. The number of benzene rings is 1. The van der Waals surface area contributed by atoms with Crippen molar-refractivity contribution in [2.75, 3.05) is 7.11 Å². The van der Waals surface area contributed by atoms with E-state index in [1.165, 1.54) is 26.2 Å². The number of hydrogen-bond acceptors (Lipinski definition) is 6. The number of esters is 1. The summed E-state index contributed by atoms with van der Waals surface area (Å²) in [6, 6.07) is 3.44. The Morgan fingerprint density at radius 1 is 1.16 bits per heavy atom. The van der Waals surface area contributed by atoms with Crippen LogP contribution in [0.1, 0.15) is 23.0 Å². The molecule has 3 rings (SSSR count). The number of fused-ring (bicyclic) bond motifs is 1. The summed E-state index contributed by atoms with van der Waals surface area (Å²) in [6.07, 6.45) is -5.77. The Hall–Kier alpha value is -2.67. The van der Waals surface area contributed by atoms with Gasteiger partial charge in [-0.25, -0.2) is 4.39 Å². The normalized spacial score (nSPS) is 12.3. The number of carbonyl (C=O) groups excluding carboxylic acids is 2. The monoisotopic (exact) mass is 497 g/mol. The Balaban J connectivity index is 2.10. The Labute approximate surface area is 184 Å². The Morgan fingerprint density at radius 3 is 2.38 bits per heavy atom. The van der Waals surface area contributed by atoms with Crippen LogP contribution in [-0.4, -0.2) is 35.0 Å². The predicted molar refractivity (Wildman–Crippen MR) is 105 cm³/mol. The second-order valence-corrected chi connectivity index (χ2v) is 8.72. The lowest BCUT2D eigenvalue weighted by Crippen LogP contribution is -2.32. The third-order valence-corrected chi connectivity index (χ3v) is 6.33. The fraction of sp³-hybridized carbons (Fsp3) is 0.263. The van der Waals surface area contributed by atoms with Gasteiger partial charge in [0.1, 0.15) is 0 Å². The summed E-state index contributed by atoms with van der Waals surface area (Å²) in [7, 11) is 1.21. The van der Waals surface area contributed by atoms with Crippen LogP contribution in [0.2, 0.25) is 0 Å². The highest BCUT2D eigenvalue weighted by Gasteiger charge is 2.58. The zero-order valence-electron chi connectivity index (χ0n) is 16.5. The highest BCUT2D eigenvalue weighted by Crippen LogP contribution is 2.49. The standard InChI is InChI=1S/C19H13F6NO4S2/c1-8-16(30-9(2)27)14-11(4-5-12(29-3)15(14)20)26(8)17(28)10-6-13(31-7-10)32-19(24,25)18(21,22)23/h4-7H,1-3H3. The fourth-order valence-corrected chi connectivity index (χ4v) is 4.71. The fourth-order valence-electron chi connectivity index (χ4n) is 2.90. The summed E-state index contributed by atoms with van der Waals surface area (Å²) >= 11 is -0.209. The third-order valence-electron chi connectivity index (χ3n) is 4.27. The van der Waals surface area contributed by atoms with E-state index in [0.717, 1.165) is 22.9 Å². The third kappa shape index (κ3) is 4.18. The van der Waals surface area contributed by atoms with Gasteiger partial charge in [0.25, 0.3) is 5.91 Å². The number of rotatable bonds is 5. The highest BCUT2D eigenvalue weighted by molar-refractivity contribution is 8.02.